The SMILES string of the molecule is Cc1ccc(N(c2cccc(CO)c2)c2ccc3cc4c5ccc(N(c6ccc(C)cc6)c6ccccc6CO)c6c7ccc8ccccc8c7n(c4cc3c2)c56)cc1. The van der Waals surface area contributed by atoms with Crippen LogP contribution in [0.25, 0.3) is 59.6 Å². The van der Waals surface area contributed by atoms with Gasteiger partial charge in [-0.05, 0) is 108 Å². The Morgan fingerprint density at radius 1 is 0.424 bits per heavy atom. The molecule has 0 amide bonds. The molecule has 0 atom stereocenters. The number of hydrogen-bond donors (Lipinski definition) is 2. The van der Waals surface area contributed by atoms with Crippen LogP contribution in [0.5, 0.6) is 0 Å². The Morgan fingerprint density at radius 3 is 1.88 bits per heavy atom. The van der Waals surface area contributed by atoms with Crippen molar-refractivity contribution in [3.63, 3.8) is 0 Å². The van der Waals surface area contributed by atoms with Gasteiger partial charge in [0.25, 0.3) is 0 Å². The molecular formula is C54H41N3O2. The van der Waals surface area contributed by atoms with Gasteiger partial charge in [0.1, 0.15) is 0 Å². The van der Waals surface area contributed by atoms with Crippen molar-refractivity contribution < 1.29 is 10.2 Å². The fourth-order valence-electron chi connectivity index (χ4n) is 9.24. The van der Waals surface area contributed by atoms with Crippen LogP contribution in [-0.4, -0.2) is 14.6 Å². The van der Waals surface area contributed by atoms with Crippen molar-refractivity contribution in [3.05, 3.63) is 198 Å². The van der Waals surface area contributed by atoms with E-state index in [0.717, 1.165) is 61.5 Å². The normalized spacial score (nSPS) is 11.9. The minimum absolute atomic E-state index is 0.0214. The van der Waals surface area contributed by atoms with Crippen LogP contribution in [0.3, 0.4) is 0 Å². The lowest BCUT2D eigenvalue weighted by Gasteiger charge is -2.28. The number of hydrogen-bond acceptors (Lipinski definition) is 4. The standard InChI is InChI=1S/C54H41N3O2/c1-34-14-20-41(21-15-34)55(43-11-7-8-36(28-43)32-58)44-24-18-38-30-48-46-26-27-50(56(42-22-16-35(2)17-23-42)49-13-6-4-10-39(49)33-59)52-47-25-19-37-9-3-5-12-45(37)53(47)57(54(46)52)51(48)31-40(38)29-44/h3-31,58-59H,32-33H2,1-2H3. The number of aromatic nitrogens is 1. The van der Waals surface area contributed by atoms with Gasteiger partial charge in [0.05, 0.1) is 41.1 Å². The monoisotopic (exact) mass is 763 g/mol. The molecule has 0 unspecified atom stereocenters. The van der Waals surface area contributed by atoms with Crippen molar-refractivity contribution in [1.29, 1.82) is 0 Å². The molecule has 5 heteroatoms. The van der Waals surface area contributed by atoms with Crippen LogP contribution in [0, 0.1) is 13.8 Å². The molecule has 11 rings (SSSR count). The summed E-state index contributed by atoms with van der Waals surface area (Å²) in [6, 6.07) is 62.8. The maximum absolute atomic E-state index is 10.7. The molecule has 9 aromatic carbocycles. The predicted octanol–water partition coefficient (Wildman–Crippen LogP) is 13.7. The van der Waals surface area contributed by atoms with Crippen molar-refractivity contribution >= 4 is 93.8 Å². The highest BCUT2D eigenvalue weighted by Gasteiger charge is 2.26. The third-order valence-corrected chi connectivity index (χ3v) is 12.1. The summed E-state index contributed by atoms with van der Waals surface area (Å²) in [5.41, 5.74) is 13.8. The topological polar surface area (TPSA) is 51.3 Å². The van der Waals surface area contributed by atoms with E-state index in [0.29, 0.717) is 0 Å². The lowest BCUT2D eigenvalue weighted by atomic mass is 10.00. The first kappa shape index (κ1) is 35.0. The highest BCUT2D eigenvalue weighted by Crippen LogP contribution is 2.50. The van der Waals surface area contributed by atoms with Crippen LogP contribution >= 0.6 is 0 Å². The maximum atomic E-state index is 10.7. The van der Waals surface area contributed by atoms with E-state index < -0.39 is 0 Å². The smallest absolute Gasteiger partial charge is 0.0702 e. The Balaban J connectivity index is 1.22. The quantitative estimate of drug-likeness (QED) is 0.162. The highest BCUT2D eigenvalue weighted by atomic mass is 16.3. The lowest BCUT2D eigenvalue weighted by Crippen LogP contribution is -2.12. The first-order chi connectivity index (χ1) is 29.0. The summed E-state index contributed by atoms with van der Waals surface area (Å²) >= 11 is 0. The van der Waals surface area contributed by atoms with Gasteiger partial charge in [-0.25, -0.2) is 0 Å². The second-order valence-corrected chi connectivity index (χ2v) is 15.7. The third kappa shape index (κ3) is 5.54. The molecule has 0 aliphatic carbocycles. The zero-order valence-electron chi connectivity index (χ0n) is 32.9. The minimum Gasteiger partial charge on any atom is -0.392 e. The van der Waals surface area contributed by atoms with Gasteiger partial charge in [0, 0.05) is 55.2 Å². The Labute approximate surface area is 342 Å². The van der Waals surface area contributed by atoms with E-state index in [1.54, 1.807) is 0 Å². The van der Waals surface area contributed by atoms with E-state index in [-0.39, 0.29) is 13.2 Å². The molecule has 59 heavy (non-hydrogen) atoms. The minimum atomic E-state index is -0.0691. The maximum Gasteiger partial charge on any atom is 0.0702 e. The molecule has 2 heterocycles. The first-order valence-electron chi connectivity index (χ1n) is 20.2. The van der Waals surface area contributed by atoms with E-state index in [2.05, 4.69) is 180 Å². The molecule has 0 radical (unpaired) electrons. The summed E-state index contributed by atoms with van der Waals surface area (Å²) < 4.78 is 2.50. The summed E-state index contributed by atoms with van der Waals surface area (Å²) in [7, 11) is 0. The molecule has 0 fully saturated rings. The number of benzene rings is 9. The van der Waals surface area contributed by atoms with Crippen LogP contribution in [0.2, 0.25) is 0 Å². The van der Waals surface area contributed by atoms with Gasteiger partial charge in [-0.3, -0.25) is 0 Å². The summed E-state index contributed by atoms with van der Waals surface area (Å²) in [5.74, 6) is 0. The molecule has 0 bridgehead atoms. The molecule has 11 aromatic rings. The Morgan fingerprint density at radius 2 is 1.10 bits per heavy atom. The number of anilines is 6. The second-order valence-electron chi connectivity index (χ2n) is 15.7. The lowest BCUT2D eigenvalue weighted by molar-refractivity contribution is 0.282. The van der Waals surface area contributed by atoms with Crippen LogP contribution in [-0.2, 0) is 13.2 Å². The average Bonchev–Trinajstić information content (AvgIpc) is 3.79. The van der Waals surface area contributed by atoms with Gasteiger partial charge < -0.3 is 24.4 Å². The summed E-state index contributed by atoms with van der Waals surface area (Å²) in [6.07, 6.45) is 0. The number of fused-ring (bicyclic) bond motifs is 9. The zero-order valence-corrected chi connectivity index (χ0v) is 32.9. The number of nitrogens with zero attached hydrogens (tertiary/aromatic N) is 3. The summed E-state index contributed by atoms with van der Waals surface area (Å²) in [4.78, 5) is 4.59. The van der Waals surface area contributed by atoms with Gasteiger partial charge in [0.15, 0.2) is 0 Å². The van der Waals surface area contributed by atoms with Crippen LogP contribution in [0.1, 0.15) is 22.3 Å². The largest absolute Gasteiger partial charge is 0.392 e. The Hall–Kier alpha value is -7.18. The zero-order chi connectivity index (χ0) is 39.8. The van der Waals surface area contributed by atoms with Crippen molar-refractivity contribution in [3.8, 4) is 0 Å². The number of aliphatic hydroxyl groups excluding tert-OH is 2. The van der Waals surface area contributed by atoms with Gasteiger partial charge in [-0.15, -0.1) is 0 Å². The molecule has 0 saturated carbocycles. The number of para-hydroxylation sites is 1. The number of rotatable bonds is 8. The first-order valence-corrected chi connectivity index (χ1v) is 20.2. The van der Waals surface area contributed by atoms with E-state index in [9.17, 15) is 10.2 Å². The van der Waals surface area contributed by atoms with Crippen molar-refractivity contribution in [1.82, 2.24) is 4.40 Å². The van der Waals surface area contributed by atoms with Gasteiger partial charge in [-0.1, -0.05) is 114 Å². The highest BCUT2D eigenvalue weighted by molar-refractivity contribution is 6.31. The van der Waals surface area contributed by atoms with Crippen molar-refractivity contribution in [2.45, 2.75) is 27.1 Å². The fourth-order valence-corrected chi connectivity index (χ4v) is 9.24. The van der Waals surface area contributed by atoms with Crippen LogP contribution < -0.4 is 9.80 Å². The summed E-state index contributed by atoms with van der Waals surface area (Å²) in [6.45, 7) is 4.13. The molecule has 0 spiro atoms. The number of aliphatic hydroxyl groups is 2. The average molecular weight is 764 g/mol. The molecule has 2 aromatic heterocycles. The molecule has 0 aliphatic rings. The van der Waals surface area contributed by atoms with Gasteiger partial charge in [-0.2, -0.15) is 0 Å². The Kier molecular flexibility index (Phi) is 8.15. The van der Waals surface area contributed by atoms with E-state index in [4.69, 9.17) is 0 Å². The van der Waals surface area contributed by atoms with E-state index in [1.807, 2.05) is 24.3 Å². The van der Waals surface area contributed by atoms with Gasteiger partial charge in [0.2, 0.25) is 0 Å². The van der Waals surface area contributed by atoms with E-state index >= 15 is 0 Å². The fraction of sp³-hybridized carbons (Fsp3) is 0.0741. The van der Waals surface area contributed by atoms with E-state index in [1.165, 1.54) is 54.5 Å². The second kappa shape index (κ2) is 13.7. The molecule has 0 aliphatic heterocycles. The van der Waals surface area contributed by atoms with Gasteiger partial charge >= 0.3 is 0 Å². The van der Waals surface area contributed by atoms with Crippen molar-refractivity contribution in [2.75, 3.05) is 9.80 Å². The third-order valence-electron chi connectivity index (χ3n) is 12.1. The molecular weight excluding hydrogens is 723 g/mol. The molecule has 284 valence electrons. The molecule has 2 N–H and O–H groups in total. The molecule has 5 nitrogen and oxygen atoms in total. The predicted molar refractivity (Wildman–Crippen MR) is 247 cm³/mol. The molecule has 0 saturated heterocycles. The Bertz CT molecular complexity index is 3380. The van der Waals surface area contributed by atoms with Crippen LogP contribution in [0.4, 0.5) is 34.1 Å². The summed E-state index contributed by atoms with van der Waals surface area (Å²) in [5, 5.41) is 30.2. The van der Waals surface area contributed by atoms with Crippen LogP contribution in [0.15, 0.2) is 176 Å². The van der Waals surface area contributed by atoms with Crippen molar-refractivity contribution in [2.24, 2.45) is 0 Å². The number of aryl methyl sites for hydroxylation is 2.